The molecule has 0 fully saturated rings. The van der Waals surface area contributed by atoms with E-state index in [0.29, 0.717) is 5.71 Å². The van der Waals surface area contributed by atoms with Gasteiger partial charge in [0.15, 0.2) is 0 Å². The number of nitrogens with one attached hydrogen (secondary N) is 1. The number of rotatable bonds is 6. The monoisotopic (exact) mass is 199 g/mol. The Balaban J connectivity index is 5.10. The molecule has 0 aliphatic rings. The van der Waals surface area contributed by atoms with Crippen molar-refractivity contribution in [1.29, 1.82) is 5.41 Å². The van der Waals surface area contributed by atoms with Crippen LogP contribution in [0.1, 0.15) is 6.92 Å². The molecule has 0 radical (unpaired) electrons. The molecule has 0 rings (SSSR count). The first-order valence-electron chi connectivity index (χ1n) is 4.71. The standard InChI is InChI=1S/C14H17N/c1-5-9-11-13(8-4)14(15)12(7-3)10-6-2/h5-11,15H,2-4H2,1H3/b9-5-,12-10+,13-11+,15-14?. The largest absolute Gasteiger partial charge is 0.300 e. The first kappa shape index (κ1) is 13.1. The second-order valence-electron chi connectivity index (χ2n) is 2.79. The van der Waals surface area contributed by atoms with Crippen LogP contribution in [0.25, 0.3) is 0 Å². The van der Waals surface area contributed by atoms with Crippen molar-refractivity contribution >= 4 is 5.71 Å². The molecule has 0 amide bonds. The Morgan fingerprint density at radius 3 is 1.93 bits per heavy atom. The van der Waals surface area contributed by atoms with Crippen LogP contribution in [0.5, 0.6) is 0 Å². The predicted molar refractivity (Wildman–Crippen MR) is 69.3 cm³/mol. The Labute approximate surface area is 92.0 Å². The van der Waals surface area contributed by atoms with Crippen molar-refractivity contribution < 1.29 is 0 Å². The van der Waals surface area contributed by atoms with Crippen LogP contribution in [-0.4, -0.2) is 5.71 Å². The van der Waals surface area contributed by atoms with Gasteiger partial charge in [-0.2, -0.15) is 0 Å². The van der Waals surface area contributed by atoms with Crippen LogP contribution in [0.4, 0.5) is 0 Å². The van der Waals surface area contributed by atoms with Gasteiger partial charge in [0.2, 0.25) is 0 Å². The third kappa shape index (κ3) is 4.23. The molecular formula is C14H17N. The van der Waals surface area contributed by atoms with Gasteiger partial charge in [0.1, 0.15) is 0 Å². The van der Waals surface area contributed by atoms with E-state index in [1.54, 1.807) is 24.3 Å². The van der Waals surface area contributed by atoms with Gasteiger partial charge in [-0.25, -0.2) is 0 Å². The maximum Gasteiger partial charge on any atom is 0.0684 e. The fraction of sp³-hybridized carbons (Fsp3) is 0.0714. The van der Waals surface area contributed by atoms with Gasteiger partial charge in [-0.1, -0.05) is 62.3 Å². The Morgan fingerprint density at radius 2 is 1.53 bits per heavy atom. The maximum atomic E-state index is 7.92. The Kier molecular flexibility index (Phi) is 6.56. The molecule has 0 unspecified atom stereocenters. The van der Waals surface area contributed by atoms with Crippen LogP contribution < -0.4 is 0 Å². The summed E-state index contributed by atoms with van der Waals surface area (Å²) >= 11 is 0. The van der Waals surface area contributed by atoms with E-state index in [0.717, 1.165) is 11.1 Å². The first-order chi connectivity index (χ1) is 7.21. The van der Waals surface area contributed by atoms with Gasteiger partial charge in [0.25, 0.3) is 0 Å². The summed E-state index contributed by atoms with van der Waals surface area (Å²) in [5.41, 5.74) is 1.90. The van der Waals surface area contributed by atoms with E-state index in [-0.39, 0.29) is 0 Å². The fourth-order valence-electron chi connectivity index (χ4n) is 1.00. The SMILES string of the molecule is C=C/C=C(\C=C)C(=N)/C(C=C)=C/C=C\C. The third-order valence-corrected chi connectivity index (χ3v) is 1.78. The quantitative estimate of drug-likeness (QED) is 0.494. The number of allylic oxidation sites excluding steroid dienone is 9. The molecular weight excluding hydrogens is 182 g/mol. The number of hydrogen-bond acceptors (Lipinski definition) is 1. The average Bonchev–Trinajstić information content (AvgIpc) is 2.26. The molecule has 0 atom stereocenters. The van der Waals surface area contributed by atoms with Crippen LogP contribution >= 0.6 is 0 Å². The topological polar surface area (TPSA) is 23.9 Å². The molecule has 0 saturated heterocycles. The molecule has 15 heavy (non-hydrogen) atoms. The van der Waals surface area contributed by atoms with Gasteiger partial charge in [0, 0.05) is 0 Å². The summed E-state index contributed by atoms with van der Waals surface area (Å²) in [6, 6.07) is 0. The second-order valence-corrected chi connectivity index (χ2v) is 2.79. The van der Waals surface area contributed by atoms with Crippen molar-refractivity contribution in [2.24, 2.45) is 0 Å². The Morgan fingerprint density at radius 1 is 1.00 bits per heavy atom. The van der Waals surface area contributed by atoms with Crippen LogP contribution in [-0.2, 0) is 0 Å². The molecule has 0 aromatic carbocycles. The Bertz CT molecular complexity index is 352. The lowest BCUT2D eigenvalue weighted by molar-refractivity contribution is 1.48. The van der Waals surface area contributed by atoms with Gasteiger partial charge in [-0.05, 0) is 18.1 Å². The summed E-state index contributed by atoms with van der Waals surface area (Å²) in [5, 5.41) is 7.92. The molecule has 0 aromatic rings. The summed E-state index contributed by atoms with van der Waals surface area (Å²) in [6.45, 7) is 12.9. The minimum Gasteiger partial charge on any atom is -0.300 e. The van der Waals surface area contributed by atoms with Crippen LogP contribution in [0.15, 0.2) is 73.4 Å². The highest BCUT2D eigenvalue weighted by Crippen LogP contribution is 2.09. The summed E-state index contributed by atoms with van der Waals surface area (Å²) < 4.78 is 0. The molecule has 0 bridgehead atoms. The summed E-state index contributed by atoms with van der Waals surface area (Å²) in [6.07, 6.45) is 12.3. The van der Waals surface area contributed by atoms with E-state index in [1.807, 2.05) is 25.2 Å². The molecule has 1 nitrogen and oxygen atoms in total. The van der Waals surface area contributed by atoms with Gasteiger partial charge in [-0.3, -0.25) is 5.41 Å². The molecule has 78 valence electrons. The lowest BCUT2D eigenvalue weighted by atomic mass is 10.0. The summed E-state index contributed by atoms with van der Waals surface area (Å²) in [7, 11) is 0. The van der Waals surface area contributed by atoms with Gasteiger partial charge in [0.05, 0.1) is 5.71 Å². The van der Waals surface area contributed by atoms with Gasteiger partial charge >= 0.3 is 0 Å². The number of hydrogen-bond donors (Lipinski definition) is 1. The van der Waals surface area contributed by atoms with Gasteiger partial charge < -0.3 is 0 Å². The zero-order valence-electron chi connectivity index (χ0n) is 9.16. The van der Waals surface area contributed by atoms with Crippen molar-refractivity contribution in [1.82, 2.24) is 0 Å². The summed E-state index contributed by atoms with van der Waals surface area (Å²) in [4.78, 5) is 0. The van der Waals surface area contributed by atoms with Crippen molar-refractivity contribution in [2.45, 2.75) is 6.92 Å². The van der Waals surface area contributed by atoms with E-state index in [4.69, 9.17) is 5.41 Å². The van der Waals surface area contributed by atoms with Crippen LogP contribution in [0.2, 0.25) is 0 Å². The van der Waals surface area contributed by atoms with Crippen molar-refractivity contribution in [2.75, 3.05) is 0 Å². The highest BCUT2D eigenvalue weighted by Gasteiger charge is 2.03. The highest BCUT2D eigenvalue weighted by atomic mass is 14.4. The van der Waals surface area contributed by atoms with E-state index in [9.17, 15) is 0 Å². The molecule has 1 N–H and O–H groups in total. The average molecular weight is 199 g/mol. The van der Waals surface area contributed by atoms with E-state index >= 15 is 0 Å². The highest BCUT2D eigenvalue weighted by molar-refractivity contribution is 6.13. The second kappa shape index (κ2) is 7.51. The molecule has 0 aromatic heterocycles. The molecule has 0 saturated carbocycles. The Hall–Kier alpha value is -1.89. The lowest BCUT2D eigenvalue weighted by Gasteiger charge is -2.04. The molecule has 0 aliphatic carbocycles. The normalized spacial score (nSPS) is 12.6. The lowest BCUT2D eigenvalue weighted by Crippen LogP contribution is -2.01. The van der Waals surface area contributed by atoms with Crippen molar-refractivity contribution in [3.63, 3.8) is 0 Å². The minimum atomic E-state index is 0.401. The minimum absolute atomic E-state index is 0.401. The molecule has 0 aliphatic heterocycles. The molecule has 0 spiro atoms. The fourth-order valence-corrected chi connectivity index (χ4v) is 1.00. The zero-order valence-corrected chi connectivity index (χ0v) is 9.16. The third-order valence-electron chi connectivity index (χ3n) is 1.78. The van der Waals surface area contributed by atoms with Crippen molar-refractivity contribution in [3.8, 4) is 0 Å². The van der Waals surface area contributed by atoms with E-state index in [1.165, 1.54) is 0 Å². The van der Waals surface area contributed by atoms with Crippen LogP contribution in [0.3, 0.4) is 0 Å². The van der Waals surface area contributed by atoms with Crippen molar-refractivity contribution in [3.05, 3.63) is 73.4 Å². The predicted octanol–water partition coefficient (Wildman–Crippen LogP) is 3.99. The van der Waals surface area contributed by atoms with E-state index in [2.05, 4.69) is 19.7 Å². The summed E-state index contributed by atoms with van der Waals surface area (Å²) in [5.74, 6) is 0. The smallest absolute Gasteiger partial charge is 0.0684 e. The zero-order chi connectivity index (χ0) is 11.7. The van der Waals surface area contributed by atoms with Crippen LogP contribution in [0, 0.1) is 5.41 Å². The first-order valence-corrected chi connectivity index (χ1v) is 4.71. The van der Waals surface area contributed by atoms with Gasteiger partial charge in [-0.15, -0.1) is 0 Å². The van der Waals surface area contributed by atoms with E-state index < -0.39 is 0 Å². The molecule has 0 heterocycles. The maximum absolute atomic E-state index is 7.92. The molecule has 1 heteroatoms.